The second-order valence-electron chi connectivity index (χ2n) is 8.36. The summed E-state index contributed by atoms with van der Waals surface area (Å²) in [4.78, 5) is 22.2. The number of aromatic nitrogens is 5. The van der Waals surface area contributed by atoms with Gasteiger partial charge in [0, 0.05) is 62.1 Å². The third kappa shape index (κ3) is 4.74. The Morgan fingerprint density at radius 1 is 1.15 bits per heavy atom. The molecule has 4 heterocycles. The molecule has 1 fully saturated rings. The number of hydrogen-bond donors (Lipinski definition) is 1. The van der Waals surface area contributed by atoms with Gasteiger partial charge < -0.3 is 14.6 Å². The van der Waals surface area contributed by atoms with Gasteiger partial charge in [0.2, 0.25) is 5.95 Å². The molecule has 5 rings (SSSR count). The lowest BCUT2D eigenvalue weighted by Crippen LogP contribution is -2.28. The van der Waals surface area contributed by atoms with E-state index in [-0.39, 0.29) is 17.4 Å². The first-order chi connectivity index (χ1) is 16.6. The van der Waals surface area contributed by atoms with Crippen molar-refractivity contribution in [2.24, 2.45) is 7.05 Å². The lowest BCUT2D eigenvalue weighted by Gasteiger charge is -2.23. The van der Waals surface area contributed by atoms with Gasteiger partial charge in [0.05, 0.1) is 17.9 Å². The predicted molar refractivity (Wildman–Crippen MR) is 126 cm³/mol. The molecule has 0 aliphatic carbocycles. The van der Waals surface area contributed by atoms with E-state index in [1.807, 2.05) is 12.3 Å². The SMILES string of the molecule is Cn1cc(C(c2cccc(F)c2)n2ccc(-c3ccnc(NC4CCOCC4)n3)cc2=O)cn1. The molecule has 0 amide bonds. The Balaban J connectivity index is 1.48. The molecule has 1 aliphatic rings. The molecule has 1 atom stereocenters. The maximum atomic E-state index is 14.0. The van der Waals surface area contributed by atoms with Crippen molar-refractivity contribution in [3.05, 3.63) is 94.5 Å². The van der Waals surface area contributed by atoms with Gasteiger partial charge >= 0.3 is 0 Å². The van der Waals surface area contributed by atoms with Gasteiger partial charge in [-0.25, -0.2) is 14.4 Å². The zero-order valence-corrected chi connectivity index (χ0v) is 18.8. The average Bonchev–Trinajstić information content (AvgIpc) is 3.27. The Labute approximate surface area is 196 Å². The molecule has 34 heavy (non-hydrogen) atoms. The van der Waals surface area contributed by atoms with Crippen LogP contribution < -0.4 is 10.9 Å². The van der Waals surface area contributed by atoms with Crippen molar-refractivity contribution in [1.29, 1.82) is 0 Å². The molecule has 174 valence electrons. The minimum absolute atomic E-state index is 0.229. The number of aryl methyl sites for hydroxylation is 1. The number of nitrogens with one attached hydrogen (secondary N) is 1. The molecule has 1 aromatic carbocycles. The van der Waals surface area contributed by atoms with E-state index in [2.05, 4.69) is 20.4 Å². The van der Waals surface area contributed by atoms with Crippen LogP contribution in [-0.2, 0) is 11.8 Å². The van der Waals surface area contributed by atoms with Gasteiger partial charge in [0.25, 0.3) is 5.56 Å². The fraction of sp³-hybridized carbons (Fsp3) is 0.280. The number of ether oxygens (including phenoxy) is 1. The Bertz CT molecular complexity index is 1340. The molecule has 9 heteroatoms. The number of rotatable bonds is 6. The highest BCUT2D eigenvalue weighted by molar-refractivity contribution is 5.59. The first-order valence-electron chi connectivity index (χ1n) is 11.2. The predicted octanol–water partition coefficient (Wildman–Crippen LogP) is 3.41. The summed E-state index contributed by atoms with van der Waals surface area (Å²) in [6.07, 6.45) is 8.72. The van der Waals surface area contributed by atoms with Crippen molar-refractivity contribution in [3.8, 4) is 11.3 Å². The number of benzene rings is 1. The van der Waals surface area contributed by atoms with Crippen LogP contribution in [0.5, 0.6) is 0 Å². The third-order valence-corrected chi connectivity index (χ3v) is 5.94. The lowest BCUT2D eigenvalue weighted by molar-refractivity contribution is 0.0903. The summed E-state index contributed by atoms with van der Waals surface area (Å²) in [5, 5.41) is 7.59. The van der Waals surface area contributed by atoms with Crippen LogP contribution in [0.15, 0.2) is 72.0 Å². The quantitative estimate of drug-likeness (QED) is 0.475. The van der Waals surface area contributed by atoms with Crippen LogP contribution in [0.1, 0.15) is 30.0 Å². The van der Waals surface area contributed by atoms with Crippen LogP contribution in [0.2, 0.25) is 0 Å². The zero-order chi connectivity index (χ0) is 23.5. The second-order valence-corrected chi connectivity index (χ2v) is 8.36. The fourth-order valence-electron chi connectivity index (χ4n) is 4.25. The van der Waals surface area contributed by atoms with E-state index in [9.17, 15) is 9.18 Å². The summed E-state index contributed by atoms with van der Waals surface area (Å²) < 4.78 is 22.7. The van der Waals surface area contributed by atoms with Gasteiger partial charge in [-0.2, -0.15) is 5.10 Å². The standard InChI is InChI=1S/C25H25FN6O2/c1-31-16-19(15-28-31)24(18-3-2-4-20(26)13-18)32-10-6-17(14-23(32)33)22-5-9-27-25(30-22)29-21-7-11-34-12-8-21/h2-6,9-10,13-16,21,24H,7-8,11-12H2,1H3,(H,27,29,30). The maximum absolute atomic E-state index is 14.0. The van der Waals surface area contributed by atoms with E-state index in [1.165, 1.54) is 12.1 Å². The van der Waals surface area contributed by atoms with Crippen LogP contribution in [-0.4, -0.2) is 43.6 Å². The van der Waals surface area contributed by atoms with Crippen molar-refractivity contribution in [3.63, 3.8) is 0 Å². The molecule has 1 unspecified atom stereocenters. The molecule has 3 aromatic heterocycles. The van der Waals surface area contributed by atoms with E-state index >= 15 is 0 Å². The van der Waals surface area contributed by atoms with Gasteiger partial charge in [-0.15, -0.1) is 0 Å². The van der Waals surface area contributed by atoms with E-state index < -0.39 is 6.04 Å². The number of hydrogen-bond acceptors (Lipinski definition) is 6. The van der Waals surface area contributed by atoms with Crippen LogP contribution >= 0.6 is 0 Å². The Kier molecular flexibility index (Phi) is 6.18. The van der Waals surface area contributed by atoms with Crippen molar-refractivity contribution < 1.29 is 9.13 Å². The summed E-state index contributed by atoms with van der Waals surface area (Å²) in [7, 11) is 1.80. The summed E-state index contributed by atoms with van der Waals surface area (Å²) in [5.74, 6) is 0.170. The van der Waals surface area contributed by atoms with Crippen molar-refractivity contribution in [2.45, 2.75) is 24.9 Å². The summed E-state index contributed by atoms with van der Waals surface area (Å²) in [5.41, 5.74) is 2.55. The van der Waals surface area contributed by atoms with Crippen molar-refractivity contribution in [2.75, 3.05) is 18.5 Å². The summed E-state index contributed by atoms with van der Waals surface area (Å²) in [6, 6.07) is 11.2. The molecule has 0 radical (unpaired) electrons. The topological polar surface area (TPSA) is 86.9 Å². The fourth-order valence-corrected chi connectivity index (χ4v) is 4.25. The minimum atomic E-state index is -0.512. The largest absolute Gasteiger partial charge is 0.381 e. The highest BCUT2D eigenvalue weighted by atomic mass is 19.1. The van der Waals surface area contributed by atoms with Gasteiger partial charge in [-0.05, 0) is 42.7 Å². The third-order valence-electron chi connectivity index (χ3n) is 5.94. The van der Waals surface area contributed by atoms with Gasteiger partial charge in [0.1, 0.15) is 5.82 Å². The Morgan fingerprint density at radius 2 is 2.00 bits per heavy atom. The van der Waals surface area contributed by atoms with E-state index in [0.29, 0.717) is 22.8 Å². The van der Waals surface area contributed by atoms with Gasteiger partial charge in [0.15, 0.2) is 0 Å². The molecule has 1 aliphatic heterocycles. The van der Waals surface area contributed by atoms with Crippen molar-refractivity contribution >= 4 is 5.95 Å². The summed E-state index contributed by atoms with van der Waals surface area (Å²) >= 11 is 0. The number of pyridine rings is 1. The zero-order valence-electron chi connectivity index (χ0n) is 18.8. The minimum Gasteiger partial charge on any atom is -0.381 e. The maximum Gasteiger partial charge on any atom is 0.252 e. The highest BCUT2D eigenvalue weighted by Crippen LogP contribution is 2.27. The average molecular weight is 461 g/mol. The van der Waals surface area contributed by atoms with Crippen molar-refractivity contribution in [1.82, 2.24) is 24.3 Å². The number of nitrogens with zero attached hydrogens (tertiary/aromatic N) is 5. The Hall–Kier alpha value is -3.85. The normalized spacial score (nSPS) is 15.2. The molecule has 4 aromatic rings. The first kappa shape index (κ1) is 22.0. The van der Waals surface area contributed by atoms with Crippen LogP contribution in [0.3, 0.4) is 0 Å². The summed E-state index contributed by atoms with van der Waals surface area (Å²) in [6.45, 7) is 1.44. The molecule has 8 nitrogen and oxygen atoms in total. The van der Waals surface area contributed by atoms with E-state index in [0.717, 1.165) is 31.6 Å². The van der Waals surface area contributed by atoms with E-state index in [4.69, 9.17) is 4.74 Å². The molecule has 0 spiro atoms. The smallest absolute Gasteiger partial charge is 0.252 e. The van der Waals surface area contributed by atoms with E-state index in [1.54, 1.807) is 59.2 Å². The van der Waals surface area contributed by atoms with Crippen LogP contribution in [0, 0.1) is 5.82 Å². The first-order valence-corrected chi connectivity index (χ1v) is 11.2. The number of halogens is 1. The molecular formula is C25H25FN6O2. The number of anilines is 1. The molecule has 1 saturated heterocycles. The Morgan fingerprint density at radius 3 is 2.74 bits per heavy atom. The van der Waals surface area contributed by atoms with Gasteiger partial charge in [-0.3, -0.25) is 9.48 Å². The molecule has 0 saturated carbocycles. The lowest BCUT2D eigenvalue weighted by atomic mass is 10.0. The molecule has 0 bridgehead atoms. The molecular weight excluding hydrogens is 435 g/mol. The highest BCUT2D eigenvalue weighted by Gasteiger charge is 2.20. The van der Waals surface area contributed by atoms with Gasteiger partial charge in [-0.1, -0.05) is 12.1 Å². The second kappa shape index (κ2) is 9.56. The monoisotopic (exact) mass is 460 g/mol. The molecule has 1 N–H and O–H groups in total. The van der Waals surface area contributed by atoms with Crippen LogP contribution in [0.25, 0.3) is 11.3 Å². The van der Waals surface area contributed by atoms with Crippen LogP contribution in [0.4, 0.5) is 10.3 Å².